The third-order valence-electron chi connectivity index (χ3n) is 6.58. The van der Waals surface area contributed by atoms with Gasteiger partial charge in [-0.15, -0.1) is 0 Å². The lowest BCUT2D eigenvalue weighted by Crippen LogP contribution is -2.33. The highest BCUT2D eigenvalue weighted by Crippen LogP contribution is 2.59. The predicted molar refractivity (Wildman–Crippen MR) is 133 cm³/mol. The van der Waals surface area contributed by atoms with Crippen molar-refractivity contribution in [3.63, 3.8) is 0 Å². The number of nitrogens with one attached hydrogen (secondary N) is 1. The predicted octanol–water partition coefficient (Wildman–Crippen LogP) is 6.37. The molecule has 168 valence electrons. The quantitative estimate of drug-likeness (QED) is 0.369. The lowest BCUT2D eigenvalue weighted by Gasteiger charge is -2.37. The first-order chi connectivity index (χ1) is 16.5. The molecule has 1 spiro atoms. The number of esters is 1. The molecule has 0 amide bonds. The average molecular weight is 449 g/mol. The smallest absolute Gasteiger partial charge is 0.342 e. The van der Waals surface area contributed by atoms with Gasteiger partial charge in [0.25, 0.3) is 0 Å². The van der Waals surface area contributed by atoms with Crippen LogP contribution in [0.1, 0.15) is 32.6 Å². The first kappa shape index (κ1) is 20.4. The molecule has 0 fully saturated rings. The van der Waals surface area contributed by atoms with Gasteiger partial charge in [-0.3, -0.25) is 0 Å². The highest BCUT2D eigenvalue weighted by Gasteiger charge is 2.56. The standard InChI is InChI=1S/C29H24N2O3/c1-18-17-22(31(2)3)25-26(27(18)30-19-11-5-4-6-12-19)29(34-28(25)32)20-13-7-9-15-23(20)33-24-16-10-8-14-21(24)29/h4-17,30H,1-3H3. The van der Waals surface area contributed by atoms with Crippen LogP contribution in [0.15, 0.2) is 84.9 Å². The number of carbonyl (C=O) groups is 1. The Labute approximate surface area is 198 Å². The van der Waals surface area contributed by atoms with Crippen LogP contribution in [0.5, 0.6) is 11.5 Å². The second-order valence-corrected chi connectivity index (χ2v) is 8.89. The minimum absolute atomic E-state index is 0.346. The van der Waals surface area contributed by atoms with Crippen LogP contribution in [-0.4, -0.2) is 20.1 Å². The van der Waals surface area contributed by atoms with Gasteiger partial charge in [-0.2, -0.15) is 0 Å². The maximum atomic E-state index is 13.7. The normalized spacial score (nSPS) is 14.5. The van der Waals surface area contributed by atoms with E-state index in [1.165, 1.54) is 0 Å². The fraction of sp³-hybridized carbons (Fsp3) is 0.138. The Morgan fingerprint density at radius 1 is 0.824 bits per heavy atom. The van der Waals surface area contributed by atoms with Crippen molar-refractivity contribution in [3.8, 4) is 11.5 Å². The Kier molecular flexibility index (Phi) is 4.42. The van der Waals surface area contributed by atoms with Crippen molar-refractivity contribution in [2.75, 3.05) is 24.3 Å². The molecule has 1 N–H and O–H groups in total. The highest BCUT2D eigenvalue weighted by atomic mass is 16.6. The second-order valence-electron chi connectivity index (χ2n) is 8.89. The van der Waals surface area contributed by atoms with Crippen LogP contribution < -0.4 is 15.0 Å². The number of anilines is 3. The van der Waals surface area contributed by atoms with Crippen LogP contribution in [0.25, 0.3) is 0 Å². The maximum absolute atomic E-state index is 13.7. The minimum Gasteiger partial charge on any atom is -0.456 e. The first-order valence-electron chi connectivity index (χ1n) is 11.3. The SMILES string of the molecule is Cc1cc(N(C)C)c2c(c1Nc1ccccc1)C1(OC2=O)c2ccccc2Oc2ccccc21. The van der Waals surface area contributed by atoms with Crippen molar-refractivity contribution < 1.29 is 14.3 Å². The number of fused-ring (bicyclic) bond motifs is 6. The van der Waals surface area contributed by atoms with Crippen LogP contribution >= 0.6 is 0 Å². The van der Waals surface area contributed by atoms with Gasteiger partial charge in [0.2, 0.25) is 0 Å². The Balaban J connectivity index is 1.75. The number of carbonyl (C=O) groups excluding carboxylic acids is 1. The number of aryl methyl sites for hydroxylation is 1. The number of hydrogen-bond donors (Lipinski definition) is 1. The Morgan fingerprint density at radius 2 is 1.41 bits per heavy atom. The van der Waals surface area contributed by atoms with Crippen molar-refractivity contribution in [2.45, 2.75) is 12.5 Å². The molecular weight excluding hydrogens is 424 g/mol. The van der Waals surface area contributed by atoms with E-state index >= 15 is 0 Å². The molecule has 0 saturated heterocycles. The van der Waals surface area contributed by atoms with E-state index in [0.717, 1.165) is 39.3 Å². The van der Waals surface area contributed by atoms with Gasteiger partial charge in [-0.05, 0) is 42.8 Å². The molecule has 0 aromatic heterocycles. The molecule has 0 radical (unpaired) electrons. The summed E-state index contributed by atoms with van der Waals surface area (Å²) in [6.07, 6.45) is 0. The first-order valence-corrected chi connectivity index (χ1v) is 11.3. The van der Waals surface area contributed by atoms with E-state index in [1.54, 1.807) is 0 Å². The van der Waals surface area contributed by atoms with Gasteiger partial charge in [0.1, 0.15) is 11.5 Å². The maximum Gasteiger partial charge on any atom is 0.342 e. The zero-order chi connectivity index (χ0) is 23.4. The highest BCUT2D eigenvalue weighted by molar-refractivity contribution is 6.05. The number of hydrogen-bond acceptors (Lipinski definition) is 5. The van der Waals surface area contributed by atoms with Crippen molar-refractivity contribution >= 4 is 23.0 Å². The van der Waals surface area contributed by atoms with Crippen LogP contribution in [0, 0.1) is 6.92 Å². The van der Waals surface area contributed by atoms with Crippen molar-refractivity contribution in [1.82, 2.24) is 0 Å². The molecule has 34 heavy (non-hydrogen) atoms. The van der Waals surface area contributed by atoms with E-state index in [9.17, 15) is 4.79 Å². The third kappa shape index (κ3) is 2.76. The van der Waals surface area contributed by atoms with Gasteiger partial charge >= 0.3 is 5.97 Å². The fourth-order valence-corrected chi connectivity index (χ4v) is 5.11. The molecule has 0 unspecified atom stereocenters. The summed E-state index contributed by atoms with van der Waals surface area (Å²) < 4.78 is 12.7. The van der Waals surface area contributed by atoms with Crippen LogP contribution in [-0.2, 0) is 10.3 Å². The van der Waals surface area contributed by atoms with Crippen LogP contribution in [0.2, 0.25) is 0 Å². The molecule has 0 saturated carbocycles. The largest absolute Gasteiger partial charge is 0.456 e. The summed E-state index contributed by atoms with van der Waals surface area (Å²) in [5.41, 5.74) is 5.52. The molecule has 0 bridgehead atoms. The van der Waals surface area contributed by atoms with E-state index in [-0.39, 0.29) is 5.97 Å². The summed E-state index contributed by atoms with van der Waals surface area (Å²) >= 11 is 0. The molecule has 5 heteroatoms. The number of benzene rings is 4. The van der Waals surface area contributed by atoms with Gasteiger partial charge in [0.05, 0.1) is 16.9 Å². The van der Waals surface area contributed by atoms with Crippen molar-refractivity contribution in [2.24, 2.45) is 0 Å². The lowest BCUT2D eigenvalue weighted by atomic mass is 9.76. The van der Waals surface area contributed by atoms with E-state index in [4.69, 9.17) is 9.47 Å². The van der Waals surface area contributed by atoms with Gasteiger partial charge < -0.3 is 19.7 Å². The molecule has 5 nitrogen and oxygen atoms in total. The van der Waals surface area contributed by atoms with E-state index in [1.807, 2.05) is 104 Å². The van der Waals surface area contributed by atoms with Gasteiger partial charge in [-0.25, -0.2) is 4.79 Å². The minimum atomic E-state index is -1.13. The van der Waals surface area contributed by atoms with Gasteiger partial charge in [-0.1, -0.05) is 54.6 Å². The average Bonchev–Trinajstić information content (AvgIpc) is 3.15. The number of para-hydroxylation sites is 3. The summed E-state index contributed by atoms with van der Waals surface area (Å²) in [6, 6.07) is 27.6. The number of rotatable bonds is 3. The molecule has 0 aliphatic carbocycles. The summed E-state index contributed by atoms with van der Waals surface area (Å²) in [7, 11) is 3.90. The van der Waals surface area contributed by atoms with Crippen molar-refractivity contribution in [1.29, 1.82) is 0 Å². The topological polar surface area (TPSA) is 50.8 Å². The van der Waals surface area contributed by atoms with Crippen molar-refractivity contribution in [3.05, 3.63) is 113 Å². The molecular formula is C29H24N2O3. The number of nitrogens with zero attached hydrogens (tertiary/aromatic N) is 1. The van der Waals surface area contributed by atoms with Gasteiger partial charge in [0.15, 0.2) is 5.60 Å². The summed E-state index contributed by atoms with van der Waals surface area (Å²) in [4.78, 5) is 15.7. The molecule has 4 aromatic carbocycles. The Hall–Kier alpha value is -4.25. The molecule has 4 aromatic rings. The Morgan fingerprint density at radius 3 is 2.03 bits per heavy atom. The van der Waals surface area contributed by atoms with E-state index in [2.05, 4.69) is 12.2 Å². The zero-order valence-corrected chi connectivity index (χ0v) is 19.3. The number of ether oxygens (including phenoxy) is 2. The monoisotopic (exact) mass is 448 g/mol. The second kappa shape index (κ2) is 7.39. The summed E-state index contributed by atoms with van der Waals surface area (Å²) in [5, 5.41) is 3.60. The molecule has 6 rings (SSSR count). The summed E-state index contributed by atoms with van der Waals surface area (Å²) in [6.45, 7) is 2.06. The lowest BCUT2D eigenvalue weighted by molar-refractivity contribution is 0.0226. The molecule has 2 heterocycles. The van der Waals surface area contributed by atoms with Gasteiger partial charge in [0, 0.05) is 36.5 Å². The Bertz CT molecular complexity index is 1400. The van der Waals surface area contributed by atoms with Crippen LogP contribution in [0.3, 0.4) is 0 Å². The molecule has 2 aliphatic rings. The third-order valence-corrected chi connectivity index (χ3v) is 6.58. The van der Waals surface area contributed by atoms with Crippen LogP contribution in [0.4, 0.5) is 17.1 Å². The fourth-order valence-electron chi connectivity index (χ4n) is 5.11. The van der Waals surface area contributed by atoms with E-state index in [0.29, 0.717) is 17.1 Å². The molecule has 2 aliphatic heterocycles. The summed E-state index contributed by atoms with van der Waals surface area (Å²) in [5.74, 6) is 1.02. The van der Waals surface area contributed by atoms with E-state index < -0.39 is 5.60 Å². The molecule has 0 atom stereocenters. The zero-order valence-electron chi connectivity index (χ0n) is 19.3.